The second-order valence-electron chi connectivity index (χ2n) is 4.58. The lowest BCUT2D eigenvalue weighted by molar-refractivity contribution is 0.397. The van der Waals surface area contributed by atoms with Crippen molar-refractivity contribution in [3.8, 4) is 11.6 Å². The van der Waals surface area contributed by atoms with E-state index in [9.17, 15) is 0 Å². The van der Waals surface area contributed by atoms with E-state index in [2.05, 4.69) is 9.97 Å². The van der Waals surface area contributed by atoms with Crippen LogP contribution in [0, 0.1) is 4.77 Å². The lowest BCUT2D eigenvalue weighted by atomic mass is 10.2. The summed E-state index contributed by atoms with van der Waals surface area (Å²) < 4.78 is 13.1. The number of benzene rings is 1. The van der Waals surface area contributed by atoms with E-state index in [4.69, 9.17) is 21.7 Å². The Morgan fingerprint density at radius 3 is 2.71 bits per heavy atom. The van der Waals surface area contributed by atoms with Gasteiger partial charge in [0.1, 0.15) is 11.3 Å². The number of ether oxygens (including phenoxy) is 2. The molecule has 108 valence electrons. The van der Waals surface area contributed by atoms with Crippen LogP contribution < -0.4 is 9.47 Å². The van der Waals surface area contributed by atoms with Gasteiger partial charge in [0.15, 0.2) is 4.77 Å². The molecule has 0 aliphatic rings. The number of nitrogens with zero attached hydrogens (tertiary/aromatic N) is 2. The standard InChI is InChI=1S/C15H15N3O2S/c1-19-12-5-3-4-11-14(12)17-15(21)18(11)9-10-6-7-13(20-2)16-8-10/h3-8H,9H2,1-2H3,(H,17,21). The summed E-state index contributed by atoms with van der Waals surface area (Å²) in [6.45, 7) is 0.642. The van der Waals surface area contributed by atoms with E-state index in [1.54, 1.807) is 20.4 Å². The summed E-state index contributed by atoms with van der Waals surface area (Å²) >= 11 is 5.41. The van der Waals surface area contributed by atoms with Crippen molar-refractivity contribution in [1.82, 2.24) is 14.5 Å². The average molecular weight is 301 g/mol. The highest BCUT2D eigenvalue weighted by Crippen LogP contribution is 2.25. The monoisotopic (exact) mass is 301 g/mol. The molecule has 0 atom stereocenters. The van der Waals surface area contributed by atoms with Crippen LogP contribution in [0.1, 0.15) is 5.56 Å². The number of aromatic amines is 1. The number of nitrogens with one attached hydrogen (secondary N) is 1. The van der Waals surface area contributed by atoms with Crippen molar-refractivity contribution in [3.63, 3.8) is 0 Å². The Labute approximate surface area is 127 Å². The third-order valence-corrected chi connectivity index (χ3v) is 3.66. The van der Waals surface area contributed by atoms with Gasteiger partial charge in [-0.2, -0.15) is 0 Å². The molecule has 0 spiro atoms. The van der Waals surface area contributed by atoms with E-state index >= 15 is 0 Å². The average Bonchev–Trinajstić information content (AvgIpc) is 2.84. The molecule has 0 radical (unpaired) electrons. The third-order valence-electron chi connectivity index (χ3n) is 3.34. The lowest BCUT2D eigenvalue weighted by Crippen LogP contribution is -2.00. The minimum atomic E-state index is 0.600. The fraction of sp³-hybridized carbons (Fsp3) is 0.200. The number of fused-ring (bicyclic) bond motifs is 1. The maximum Gasteiger partial charge on any atom is 0.212 e. The number of rotatable bonds is 4. The Morgan fingerprint density at radius 1 is 1.19 bits per heavy atom. The van der Waals surface area contributed by atoms with E-state index in [0.717, 1.165) is 22.3 Å². The number of hydrogen-bond donors (Lipinski definition) is 1. The zero-order valence-electron chi connectivity index (χ0n) is 11.8. The molecule has 21 heavy (non-hydrogen) atoms. The lowest BCUT2D eigenvalue weighted by Gasteiger charge is -2.06. The molecule has 0 unspecified atom stereocenters. The van der Waals surface area contributed by atoms with Gasteiger partial charge in [-0.05, 0) is 29.9 Å². The smallest absolute Gasteiger partial charge is 0.212 e. The summed E-state index contributed by atoms with van der Waals surface area (Å²) in [5.41, 5.74) is 2.97. The van der Waals surface area contributed by atoms with Gasteiger partial charge in [0.05, 0.1) is 26.3 Å². The van der Waals surface area contributed by atoms with Crippen LogP contribution in [0.25, 0.3) is 11.0 Å². The van der Waals surface area contributed by atoms with Crippen molar-refractivity contribution in [2.45, 2.75) is 6.54 Å². The van der Waals surface area contributed by atoms with Gasteiger partial charge >= 0.3 is 0 Å². The fourth-order valence-corrected chi connectivity index (χ4v) is 2.55. The molecule has 0 fully saturated rings. The van der Waals surface area contributed by atoms with Crippen LogP contribution in [0.4, 0.5) is 0 Å². The minimum Gasteiger partial charge on any atom is -0.494 e. The maximum atomic E-state index is 5.41. The van der Waals surface area contributed by atoms with Crippen molar-refractivity contribution in [1.29, 1.82) is 0 Å². The van der Waals surface area contributed by atoms with Crippen molar-refractivity contribution >= 4 is 23.3 Å². The molecule has 0 saturated heterocycles. The van der Waals surface area contributed by atoms with Crippen LogP contribution in [0.15, 0.2) is 36.5 Å². The Hall–Kier alpha value is -2.34. The molecular weight excluding hydrogens is 286 g/mol. The largest absolute Gasteiger partial charge is 0.494 e. The van der Waals surface area contributed by atoms with E-state index < -0.39 is 0 Å². The predicted molar refractivity (Wildman–Crippen MR) is 83.6 cm³/mol. The van der Waals surface area contributed by atoms with Gasteiger partial charge in [0.2, 0.25) is 5.88 Å². The molecule has 6 heteroatoms. The Bertz CT molecular complexity index is 821. The molecule has 0 amide bonds. The van der Waals surface area contributed by atoms with Gasteiger partial charge in [0.25, 0.3) is 0 Å². The van der Waals surface area contributed by atoms with Crippen molar-refractivity contribution in [3.05, 3.63) is 46.9 Å². The zero-order valence-corrected chi connectivity index (χ0v) is 12.6. The van der Waals surface area contributed by atoms with Gasteiger partial charge in [-0.3, -0.25) is 0 Å². The first-order chi connectivity index (χ1) is 10.2. The summed E-state index contributed by atoms with van der Waals surface area (Å²) in [4.78, 5) is 7.41. The van der Waals surface area contributed by atoms with E-state index in [1.165, 1.54) is 0 Å². The molecule has 0 aliphatic heterocycles. The molecule has 1 N–H and O–H groups in total. The number of aromatic nitrogens is 3. The minimum absolute atomic E-state index is 0.600. The van der Waals surface area contributed by atoms with E-state index in [1.807, 2.05) is 34.9 Å². The van der Waals surface area contributed by atoms with E-state index in [0.29, 0.717) is 17.2 Å². The SMILES string of the molecule is COc1ccc(Cn2c(=S)[nH]c3c(OC)cccc32)cn1. The van der Waals surface area contributed by atoms with Crippen LogP contribution in [-0.4, -0.2) is 28.8 Å². The van der Waals surface area contributed by atoms with Crippen LogP contribution in [0.3, 0.4) is 0 Å². The van der Waals surface area contributed by atoms with Gasteiger partial charge < -0.3 is 19.0 Å². The van der Waals surface area contributed by atoms with Crippen molar-refractivity contribution in [2.24, 2.45) is 0 Å². The van der Waals surface area contributed by atoms with Gasteiger partial charge in [0, 0.05) is 12.3 Å². The highest BCUT2D eigenvalue weighted by molar-refractivity contribution is 7.71. The molecule has 0 aliphatic carbocycles. The summed E-state index contributed by atoms with van der Waals surface area (Å²) in [6, 6.07) is 9.70. The molecule has 2 aromatic heterocycles. The Kier molecular flexibility index (Phi) is 3.62. The van der Waals surface area contributed by atoms with Crippen molar-refractivity contribution in [2.75, 3.05) is 14.2 Å². The summed E-state index contributed by atoms with van der Waals surface area (Å²) in [5.74, 6) is 1.38. The number of pyridine rings is 1. The number of methoxy groups -OCH3 is 2. The summed E-state index contributed by atoms with van der Waals surface area (Å²) in [6.07, 6.45) is 1.79. The van der Waals surface area contributed by atoms with Crippen LogP contribution in [0.2, 0.25) is 0 Å². The number of hydrogen-bond acceptors (Lipinski definition) is 4. The topological polar surface area (TPSA) is 52.1 Å². The molecule has 0 bridgehead atoms. The number of para-hydroxylation sites is 1. The van der Waals surface area contributed by atoms with Crippen LogP contribution in [-0.2, 0) is 6.54 Å². The summed E-state index contributed by atoms with van der Waals surface area (Å²) in [5, 5.41) is 0. The predicted octanol–water partition coefficient (Wildman–Crippen LogP) is 3.16. The Balaban J connectivity index is 2.03. The molecule has 0 saturated carbocycles. The first kappa shape index (κ1) is 13.6. The van der Waals surface area contributed by atoms with E-state index in [-0.39, 0.29) is 0 Å². The molecule has 5 nitrogen and oxygen atoms in total. The third kappa shape index (κ3) is 2.50. The second-order valence-corrected chi connectivity index (χ2v) is 4.97. The summed E-state index contributed by atoms with van der Waals surface area (Å²) in [7, 11) is 3.25. The fourth-order valence-electron chi connectivity index (χ4n) is 2.29. The Morgan fingerprint density at radius 2 is 2.05 bits per heavy atom. The molecule has 3 rings (SSSR count). The quantitative estimate of drug-likeness (QED) is 0.752. The molecule has 2 heterocycles. The highest BCUT2D eigenvalue weighted by Gasteiger charge is 2.09. The second kappa shape index (κ2) is 5.57. The first-order valence-electron chi connectivity index (χ1n) is 6.47. The zero-order chi connectivity index (χ0) is 14.8. The molecule has 1 aromatic carbocycles. The first-order valence-corrected chi connectivity index (χ1v) is 6.88. The van der Waals surface area contributed by atoms with Gasteiger partial charge in [-0.15, -0.1) is 0 Å². The van der Waals surface area contributed by atoms with Crippen LogP contribution in [0.5, 0.6) is 11.6 Å². The van der Waals surface area contributed by atoms with Gasteiger partial charge in [-0.1, -0.05) is 12.1 Å². The van der Waals surface area contributed by atoms with Gasteiger partial charge in [-0.25, -0.2) is 4.98 Å². The number of H-pyrrole nitrogens is 1. The van der Waals surface area contributed by atoms with Crippen LogP contribution >= 0.6 is 12.2 Å². The maximum absolute atomic E-state index is 5.41. The highest BCUT2D eigenvalue weighted by atomic mass is 32.1. The number of imidazole rings is 1. The molecule has 3 aromatic rings. The van der Waals surface area contributed by atoms with Crippen molar-refractivity contribution < 1.29 is 9.47 Å². The molecular formula is C15H15N3O2S. The normalized spacial score (nSPS) is 10.8.